The van der Waals surface area contributed by atoms with Crippen molar-refractivity contribution in [2.75, 3.05) is 12.3 Å². The van der Waals surface area contributed by atoms with Gasteiger partial charge in [-0.05, 0) is 31.2 Å². The van der Waals surface area contributed by atoms with Crippen molar-refractivity contribution >= 4 is 27.5 Å². The number of benzene rings is 2. The van der Waals surface area contributed by atoms with Crippen molar-refractivity contribution in [1.82, 2.24) is 4.98 Å². The molecular weight excluding hydrogens is 224 g/mol. The summed E-state index contributed by atoms with van der Waals surface area (Å²) in [4.78, 5) is 4.56. The average Bonchev–Trinajstić information content (AvgIpc) is 2.37. The Morgan fingerprint density at radius 2 is 1.67 bits per heavy atom. The van der Waals surface area contributed by atoms with Gasteiger partial charge >= 0.3 is 0 Å². The van der Waals surface area contributed by atoms with Gasteiger partial charge in [-0.3, -0.25) is 0 Å². The molecule has 3 rings (SSSR count). The first kappa shape index (κ1) is 12.3. The molecule has 2 aromatic carbocycles. The summed E-state index contributed by atoms with van der Waals surface area (Å²) >= 11 is 0. The summed E-state index contributed by atoms with van der Waals surface area (Å²) in [7, 11) is 0. The number of aliphatic hydroxyl groups is 1. The first-order valence-corrected chi connectivity index (χ1v) is 5.90. The lowest BCUT2D eigenvalue weighted by molar-refractivity contribution is 0.318. The fourth-order valence-corrected chi connectivity index (χ4v) is 1.79. The van der Waals surface area contributed by atoms with Crippen LogP contribution in [-0.2, 0) is 0 Å². The molecule has 0 aliphatic carbocycles. The van der Waals surface area contributed by atoms with E-state index in [0.717, 1.165) is 27.5 Å². The molecule has 3 aromatic rings. The van der Waals surface area contributed by atoms with Crippen LogP contribution in [0.25, 0.3) is 21.8 Å². The Morgan fingerprint density at radius 3 is 2.44 bits per heavy atom. The topological polar surface area (TPSA) is 59.1 Å². The van der Waals surface area contributed by atoms with Gasteiger partial charge in [0.05, 0.1) is 11.0 Å². The number of para-hydroxylation sites is 1. The lowest BCUT2D eigenvalue weighted by atomic mass is 10.1. The molecular formula is C15H16N2O. The highest BCUT2D eigenvalue weighted by Gasteiger charge is 1.98. The van der Waals surface area contributed by atoms with Crippen molar-refractivity contribution in [1.29, 1.82) is 0 Å². The number of nitrogen functional groups attached to an aromatic ring is 1. The summed E-state index contributed by atoms with van der Waals surface area (Å²) in [5, 5.41) is 9.86. The third-order valence-electron chi connectivity index (χ3n) is 2.54. The molecule has 0 unspecified atom stereocenters. The maximum atomic E-state index is 7.57. The number of nitrogens with zero attached hydrogens (tertiary/aromatic N) is 1. The largest absolute Gasteiger partial charge is 0.399 e. The van der Waals surface area contributed by atoms with Crippen molar-refractivity contribution in [3.8, 4) is 0 Å². The highest BCUT2D eigenvalue weighted by Crippen LogP contribution is 2.20. The Kier molecular flexibility index (Phi) is 3.75. The van der Waals surface area contributed by atoms with Crippen LogP contribution in [0.1, 0.15) is 6.92 Å². The molecule has 3 heteroatoms. The van der Waals surface area contributed by atoms with Gasteiger partial charge in [0.1, 0.15) is 0 Å². The second kappa shape index (κ2) is 5.47. The molecule has 18 heavy (non-hydrogen) atoms. The van der Waals surface area contributed by atoms with Crippen LogP contribution >= 0.6 is 0 Å². The lowest BCUT2D eigenvalue weighted by Crippen LogP contribution is -1.86. The molecule has 0 fully saturated rings. The number of aliphatic hydroxyl groups excluding tert-OH is 1. The monoisotopic (exact) mass is 240 g/mol. The zero-order chi connectivity index (χ0) is 13.0. The predicted molar refractivity (Wildman–Crippen MR) is 76.4 cm³/mol. The van der Waals surface area contributed by atoms with Gasteiger partial charge in [0.2, 0.25) is 0 Å². The van der Waals surface area contributed by atoms with Gasteiger partial charge in [0, 0.05) is 23.1 Å². The maximum absolute atomic E-state index is 7.57. The molecule has 0 saturated carbocycles. The highest BCUT2D eigenvalue weighted by atomic mass is 16.2. The molecule has 0 amide bonds. The fourth-order valence-electron chi connectivity index (χ4n) is 1.79. The number of anilines is 1. The predicted octanol–water partition coefficient (Wildman–Crippen LogP) is 2.97. The van der Waals surface area contributed by atoms with Crippen molar-refractivity contribution < 1.29 is 5.11 Å². The van der Waals surface area contributed by atoms with Gasteiger partial charge in [0.25, 0.3) is 0 Å². The van der Waals surface area contributed by atoms with E-state index >= 15 is 0 Å². The molecule has 92 valence electrons. The minimum atomic E-state index is 0.250. The second-order valence-electron chi connectivity index (χ2n) is 3.95. The quantitative estimate of drug-likeness (QED) is 0.469. The Morgan fingerprint density at radius 1 is 1.00 bits per heavy atom. The van der Waals surface area contributed by atoms with Crippen LogP contribution in [0.4, 0.5) is 5.69 Å². The first-order valence-electron chi connectivity index (χ1n) is 5.90. The van der Waals surface area contributed by atoms with Crippen LogP contribution in [0.5, 0.6) is 0 Å². The molecule has 1 aromatic heterocycles. The van der Waals surface area contributed by atoms with Crippen molar-refractivity contribution in [2.24, 2.45) is 0 Å². The summed E-state index contributed by atoms with van der Waals surface area (Å²) in [6, 6.07) is 16.0. The highest BCUT2D eigenvalue weighted by molar-refractivity contribution is 5.93. The van der Waals surface area contributed by atoms with Crippen molar-refractivity contribution in [3.63, 3.8) is 0 Å². The van der Waals surface area contributed by atoms with Crippen molar-refractivity contribution in [2.45, 2.75) is 6.92 Å². The van der Waals surface area contributed by atoms with E-state index in [0.29, 0.717) is 0 Å². The standard InChI is InChI=1S/C13H10N2.C2H6O/c14-11-6-5-10-7-9-3-1-2-4-12(9)15-13(10)8-11;1-2-3/h1-8H,14H2;3H,2H2,1H3. The normalized spacial score (nSPS) is 10.1. The van der Waals surface area contributed by atoms with E-state index < -0.39 is 0 Å². The summed E-state index contributed by atoms with van der Waals surface area (Å²) in [6.45, 7) is 1.93. The minimum Gasteiger partial charge on any atom is -0.399 e. The van der Waals surface area contributed by atoms with Gasteiger partial charge in [0.15, 0.2) is 0 Å². The second-order valence-corrected chi connectivity index (χ2v) is 3.95. The summed E-state index contributed by atoms with van der Waals surface area (Å²) in [5.41, 5.74) is 8.45. The smallest absolute Gasteiger partial charge is 0.0730 e. The third-order valence-corrected chi connectivity index (χ3v) is 2.54. The third kappa shape index (κ3) is 2.57. The van der Waals surface area contributed by atoms with E-state index in [1.807, 2.05) is 36.4 Å². The minimum absolute atomic E-state index is 0.250. The number of nitrogens with two attached hydrogens (primary N) is 1. The number of hydrogen-bond donors (Lipinski definition) is 2. The van der Waals surface area contributed by atoms with Crippen LogP contribution in [0, 0.1) is 0 Å². The Labute approximate surface area is 106 Å². The van der Waals surface area contributed by atoms with E-state index in [9.17, 15) is 0 Å². The van der Waals surface area contributed by atoms with Gasteiger partial charge < -0.3 is 10.8 Å². The first-order chi connectivity index (χ1) is 8.74. The van der Waals surface area contributed by atoms with E-state index in [-0.39, 0.29) is 6.61 Å². The van der Waals surface area contributed by atoms with Crippen molar-refractivity contribution in [3.05, 3.63) is 48.5 Å². The Hall–Kier alpha value is -2.13. The van der Waals surface area contributed by atoms with Crippen LogP contribution in [0.2, 0.25) is 0 Å². The zero-order valence-corrected chi connectivity index (χ0v) is 10.3. The number of hydrogen-bond acceptors (Lipinski definition) is 3. The van der Waals surface area contributed by atoms with Gasteiger partial charge in [-0.2, -0.15) is 0 Å². The SMILES string of the molecule is CCO.Nc1ccc2cc3ccccc3nc2c1. The summed E-state index contributed by atoms with van der Waals surface area (Å²) in [5.74, 6) is 0. The number of aromatic nitrogens is 1. The molecule has 1 heterocycles. The Bertz CT molecular complexity index is 665. The van der Waals surface area contributed by atoms with Crippen LogP contribution < -0.4 is 5.73 Å². The van der Waals surface area contributed by atoms with Gasteiger partial charge in [-0.1, -0.05) is 24.3 Å². The van der Waals surface area contributed by atoms with Crippen LogP contribution in [0.15, 0.2) is 48.5 Å². The van der Waals surface area contributed by atoms with E-state index in [2.05, 4.69) is 17.1 Å². The number of pyridine rings is 1. The van der Waals surface area contributed by atoms with E-state index in [1.54, 1.807) is 6.92 Å². The number of rotatable bonds is 0. The fraction of sp³-hybridized carbons (Fsp3) is 0.133. The molecule has 0 radical (unpaired) electrons. The number of fused-ring (bicyclic) bond motifs is 2. The maximum Gasteiger partial charge on any atom is 0.0730 e. The average molecular weight is 240 g/mol. The molecule has 0 bridgehead atoms. The summed E-state index contributed by atoms with van der Waals surface area (Å²) < 4.78 is 0. The van der Waals surface area contributed by atoms with Gasteiger partial charge in [-0.15, -0.1) is 0 Å². The summed E-state index contributed by atoms with van der Waals surface area (Å²) in [6.07, 6.45) is 0. The zero-order valence-electron chi connectivity index (χ0n) is 10.3. The molecule has 3 nitrogen and oxygen atoms in total. The molecule has 0 aliphatic heterocycles. The molecule has 3 N–H and O–H groups in total. The molecule has 0 atom stereocenters. The van der Waals surface area contributed by atoms with Crippen LogP contribution in [0.3, 0.4) is 0 Å². The van der Waals surface area contributed by atoms with E-state index in [1.165, 1.54) is 0 Å². The molecule has 0 aliphatic rings. The lowest BCUT2D eigenvalue weighted by Gasteiger charge is -2.01. The van der Waals surface area contributed by atoms with E-state index in [4.69, 9.17) is 10.8 Å². The van der Waals surface area contributed by atoms with Crippen LogP contribution in [-0.4, -0.2) is 16.7 Å². The Balaban J connectivity index is 0.000000367. The molecule has 0 spiro atoms. The molecule has 0 saturated heterocycles. The van der Waals surface area contributed by atoms with Gasteiger partial charge in [-0.25, -0.2) is 4.98 Å².